The normalized spacial score (nSPS) is 11.1. The van der Waals surface area contributed by atoms with Crippen LogP contribution in [-0.2, 0) is 16.1 Å². The Morgan fingerprint density at radius 1 is 1.09 bits per heavy atom. The molecular weight excluding hydrogens is 424 g/mol. The zero-order valence-corrected chi connectivity index (χ0v) is 19.0. The number of nitrogens with zero attached hydrogens (tertiary/aromatic N) is 5. The number of aromatic nitrogens is 4. The van der Waals surface area contributed by atoms with E-state index in [-0.39, 0.29) is 24.1 Å². The maximum absolute atomic E-state index is 12.5. The summed E-state index contributed by atoms with van der Waals surface area (Å²) < 4.78 is 2.09. The van der Waals surface area contributed by atoms with Gasteiger partial charge >= 0.3 is 0 Å². The molecule has 0 saturated carbocycles. The highest BCUT2D eigenvalue weighted by atomic mass is 32.2. The molecule has 0 saturated heterocycles. The van der Waals surface area contributed by atoms with Gasteiger partial charge in [0.1, 0.15) is 5.52 Å². The molecule has 4 rings (SSSR count). The molecule has 2 aromatic heterocycles. The summed E-state index contributed by atoms with van der Waals surface area (Å²) in [5, 5.41) is 12.8. The minimum atomic E-state index is -0.249. The molecule has 0 aliphatic carbocycles. The monoisotopic (exact) mass is 448 g/mol. The van der Waals surface area contributed by atoms with Gasteiger partial charge in [-0.15, -0.1) is 10.2 Å². The van der Waals surface area contributed by atoms with Crippen LogP contribution in [0.3, 0.4) is 0 Å². The number of hydrogen-bond donors (Lipinski definition) is 1. The van der Waals surface area contributed by atoms with E-state index in [0.717, 1.165) is 34.2 Å². The van der Waals surface area contributed by atoms with E-state index in [1.54, 1.807) is 7.05 Å². The highest BCUT2D eigenvalue weighted by Crippen LogP contribution is 2.27. The average Bonchev–Trinajstić information content (AvgIpc) is 3.11. The van der Waals surface area contributed by atoms with Crippen molar-refractivity contribution >= 4 is 51.3 Å². The summed E-state index contributed by atoms with van der Waals surface area (Å²) >= 11 is 1.21. The van der Waals surface area contributed by atoms with Gasteiger partial charge in [-0.25, -0.2) is 4.98 Å². The van der Waals surface area contributed by atoms with Crippen molar-refractivity contribution < 1.29 is 9.59 Å². The van der Waals surface area contributed by atoms with Crippen LogP contribution in [0, 0.1) is 6.92 Å². The Morgan fingerprint density at radius 3 is 2.59 bits per heavy atom. The summed E-state index contributed by atoms with van der Waals surface area (Å²) in [6.07, 6.45) is 0. The molecule has 8 nitrogen and oxygen atoms in total. The topological polar surface area (TPSA) is 93.0 Å². The van der Waals surface area contributed by atoms with E-state index in [1.165, 1.54) is 16.7 Å². The van der Waals surface area contributed by atoms with Gasteiger partial charge in [0.2, 0.25) is 17.0 Å². The van der Waals surface area contributed by atoms with Crippen LogP contribution >= 0.6 is 11.8 Å². The Morgan fingerprint density at radius 2 is 1.84 bits per heavy atom. The van der Waals surface area contributed by atoms with Crippen molar-refractivity contribution in [2.45, 2.75) is 25.5 Å². The molecule has 0 radical (unpaired) electrons. The molecule has 2 amide bonds. The molecule has 9 heteroatoms. The van der Waals surface area contributed by atoms with Crippen molar-refractivity contribution in [2.24, 2.45) is 0 Å². The van der Waals surface area contributed by atoms with Gasteiger partial charge in [0.25, 0.3) is 0 Å². The molecule has 0 unspecified atom stereocenters. The Kier molecular flexibility index (Phi) is 6.36. The fourth-order valence-electron chi connectivity index (χ4n) is 3.45. The Bertz CT molecular complexity index is 1290. The van der Waals surface area contributed by atoms with Crippen LogP contribution < -0.4 is 5.32 Å². The molecule has 164 valence electrons. The minimum Gasteiger partial charge on any atom is -0.336 e. The lowest BCUT2D eigenvalue weighted by Crippen LogP contribution is -2.36. The van der Waals surface area contributed by atoms with E-state index in [4.69, 9.17) is 0 Å². The maximum Gasteiger partial charge on any atom is 0.243 e. The second kappa shape index (κ2) is 9.35. The first-order valence-corrected chi connectivity index (χ1v) is 11.3. The number of anilines is 1. The number of likely N-dealkylation sites (N-methyl/N-ethyl adjacent to an activating group) is 1. The molecule has 0 spiro atoms. The SMILES string of the molecule is CCn1c2ccccc2c2nnc(SCC(=O)N(C)CC(=O)Nc3ccc(C)cc3)nc21. The number of nitrogens with one attached hydrogen (secondary N) is 1. The van der Waals surface area contributed by atoms with Crippen molar-refractivity contribution in [1.29, 1.82) is 0 Å². The number of carbonyl (C=O) groups is 2. The number of aryl methyl sites for hydroxylation is 2. The molecule has 32 heavy (non-hydrogen) atoms. The van der Waals surface area contributed by atoms with Gasteiger partial charge in [-0.05, 0) is 32.0 Å². The smallest absolute Gasteiger partial charge is 0.243 e. The van der Waals surface area contributed by atoms with Gasteiger partial charge in [-0.3, -0.25) is 9.59 Å². The number of thioether (sulfide) groups is 1. The third-order valence-electron chi connectivity index (χ3n) is 5.14. The number of fused-ring (bicyclic) bond motifs is 3. The largest absolute Gasteiger partial charge is 0.336 e. The first kappa shape index (κ1) is 21.8. The van der Waals surface area contributed by atoms with Gasteiger partial charge in [-0.2, -0.15) is 0 Å². The van der Waals surface area contributed by atoms with Gasteiger partial charge in [0.15, 0.2) is 5.65 Å². The second-order valence-electron chi connectivity index (χ2n) is 7.48. The van der Waals surface area contributed by atoms with E-state index >= 15 is 0 Å². The molecular formula is C23H24N6O2S. The summed E-state index contributed by atoms with van der Waals surface area (Å²) in [7, 11) is 1.61. The van der Waals surface area contributed by atoms with E-state index in [9.17, 15) is 9.59 Å². The number of benzene rings is 2. The van der Waals surface area contributed by atoms with E-state index in [2.05, 4.69) is 32.0 Å². The standard InChI is InChI=1S/C23H24N6O2S/c1-4-29-18-8-6-5-7-17(18)21-22(29)25-23(27-26-21)32-14-20(31)28(3)13-19(30)24-16-11-9-15(2)10-12-16/h5-12H,4,13-14H2,1-3H3,(H,24,30). The van der Waals surface area contributed by atoms with Crippen molar-refractivity contribution in [3.8, 4) is 0 Å². The van der Waals surface area contributed by atoms with Crippen molar-refractivity contribution in [1.82, 2.24) is 24.6 Å². The molecule has 0 fully saturated rings. The van der Waals surface area contributed by atoms with Gasteiger partial charge in [-0.1, -0.05) is 47.7 Å². The molecule has 4 aromatic rings. The van der Waals surface area contributed by atoms with Crippen molar-refractivity contribution in [3.63, 3.8) is 0 Å². The third-order valence-corrected chi connectivity index (χ3v) is 5.96. The minimum absolute atomic E-state index is 0.0323. The van der Waals surface area contributed by atoms with Gasteiger partial charge in [0.05, 0.1) is 17.8 Å². The number of carbonyl (C=O) groups excluding carboxylic acids is 2. The van der Waals surface area contributed by atoms with Gasteiger partial charge in [0, 0.05) is 24.7 Å². The van der Waals surface area contributed by atoms with Crippen LogP contribution in [0.25, 0.3) is 22.1 Å². The predicted octanol–water partition coefficient (Wildman–Crippen LogP) is 3.50. The number of amides is 2. The molecule has 0 aliphatic heterocycles. The molecule has 0 aliphatic rings. The zero-order valence-electron chi connectivity index (χ0n) is 18.2. The van der Waals surface area contributed by atoms with Crippen LogP contribution in [0.2, 0.25) is 0 Å². The Balaban J connectivity index is 1.39. The molecule has 0 atom stereocenters. The highest BCUT2D eigenvalue weighted by Gasteiger charge is 2.17. The average molecular weight is 449 g/mol. The van der Waals surface area contributed by atoms with Gasteiger partial charge < -0.3 is 14.8 Å². The summed E-state index contributed by atoms with van der Waals surface area (Å²) in [4.78, 5) is 30.8. The Labute approximate surface area is 190 Å². The molecule has 2 aromatic carbocycles. The van der Waals surface area contributed by atoms with E-state index in [0.29, 0.717) is 10.8 Å². The summed E-state index contributed by atoms with van der Waals surface area (Å²) in [5.41, 5.74) is 4.38. The quantitative estimate of drug-likeness (QED) is 0.435. The number of para-hydroxylation sites is 1. The summed E-state index contributed by atoms with van der Waals surface area (Å²) in [6, 6.07) is 15.5. The highest BCUT2D eigenvalue weighted by molar-refractivity contribution is 7.99. The number of hydrogen-bond acceptors (Lipinski definition) is 6. The van der Waals surface area contributed by atoms with Crippen molar-refractivity contribution in [2.75, 3.05) is 24.7 Å². The predicted molar refractivity (Wildman–Crippen MR) is 127 cm³/mol. The lowest BCUT2D eigenvalue weighted by Gasteiger charge is -2.16. The van der Waals surface area contributed by atoms with Crippen LogP contribution in [0.15, 0.2) is 53.7 Å². The summed E-state index contributed by atoms with van der Waals surface area (Å²) in [6.45, 7) is 4.76. The molecule has 0 bridgehead atoms. The van der Waals surface area contributed by atoms with E-state index < -0.39 is 0 Å². The fourth-order valence-corrected chi connectivity index (χ4v) is 4.17. The van der Waals surface area contributed by atoms with Crippen molar-refractivity contribution in [3.05, 3.63) is 54.1 Å². The lowest BCUT2D eigenvalue weighted by atomic mass is 10.2. The lowest BCUT2D eigenvalue weighted by molar-refractivity contribution is -0.131. The molecule has 1 N–H and O–H groups in total. The van der Waals surface area contributed by atoms with Crippen LogP contribution in [0.1, 0.15) is 12.5 Å². The maximum atomic E-state index is 12.5. The fraction of sp³-hybridized carbons (Fsp3) is 0.261. The number of rotatable bonds is 7. The molecule has 2 heterocycles. The Hall–Kier alpha value is -3.46. The van der Waals surface area contributed by atoms with Crippen LogP contribution in [0.5, 0.6) is 0 Å². The van der Waals surface area contributed by atoms with Crippen LogP contribution in [-0.4, -0.2) is 55.8 Å². The summed E-state index contributed by atoms with van der Waals surface area (Å²) in [5.74, 6) is -0.316. The first-order chi connectivity index (χ1) is 15.5. The van der Waals surface area contributed by atoms with E-state index in [1.807, 2.05) is 55.5 Å². The third kappa shape index (κ3) is 4.57. The second-order valence-corrected chi connectivity index (χ2v) is 8.42. The zero-order chi connectivity index (χ0) is 22.7. The first-order valence-electron chi connectivity index (χ1n) is 10.3. The van der Waals surface area contributed by atoms with Crippen LogP contribution in [0.4, 0.5) is 5.69 Å².